The summed E-state index contributed by atoms with van der Waals surface area (Å²) in [7, 11) is 0. The van der Waals surface area contributed by atoms with E-state index in [4.69, 9.17) is 6.42 Å². The number of aliphatic hydroxyl groups is 1. The number of aliphatic hydroxyl groups excluding tert-OH is 1. The molecule has 2 atom stereocenters. The van der Waals surface area contributed by atoms with E-state index >= 15 is 0 Å². The molecule has 2 unspecified atom stereocenters. The zero-order valence-corrected chi connectivity index (χ0v) is 8.87. The molecule has 3 heteroatoms. The first-order valence-corrected chi connectivity index (χ1v) is 5.33. The summed E-state index contributed by atoms with van der Waals surface area (Å²) in [5.41, 5.74) is 0. The van der Waals surface area contributed by atoms with Crippen LogP contribution in [-0.4, -0.2) is 48.3 Å². The van der Waals surface area contributed by atoms with Crippen LogP contribution in [0.5, 0.6) is 0 Å². The van der Waals surface area contributed by atoms with Crippen molar-refractivity contribution in [2.45, 2.75) is 31.9 Å². The lowest BCUT2D eigenvalue weighted by atomic mass is 10.2. The van der Waals surface area contributed by atoms with E-state index in [9.17, 15) is 5.11 Å². The van der Waals surface area contributed by atoms with Gasteiger partial charge >= 0.3 is 0 Å². The average molecular weight is 196 g/mol. The van der Waals surface area contributed by atoms with Crippen LogP contribution in [0, 0.1) is 12.3 Å². The molecule has 1 aliphatic heterocycles. The normalized spacial score (nSPS) is 26.7. The molecule has 3 nitrogen and oxygen atoms in total. The van der Waals surface area contributed by atoms with Crippen LogP contribution in [0.2, 0.25) is 0 Å². The van der Waals surface area contributed by atoms with Gasteiger partial charge in [0.15, 0.2) is 0 Å². The fourth-order valence-electron chi connectivity index (χ4n) is 1.93. The maximum Gasteiger partial charge on any atom is 0.0680 e. The molecule has 0 bridgehead atoms. The van der Waals surface area contributed by atoms with Crippen molar-refractivity contribution >= 4 is 0 Å². The Bertz CT molecular complexity index is 200. The van der Waals surface area contributed by atoms with Gasteiger partial charge in [-0.3, -0.25) is 4.90 Å². The highest BCUT2D eigenvalue weighted by Gasteiger charge is 2.23. The Hall–Kier alpha value is -0.560. The van der Waals surface area contributed by atoms with Crippen molar-refractivity contribution in [2.75, 3.05) is 26.2 Å². The van der Waals surface area contributed by atoms with E-state index in [2.05, 4.69) is 23.1 Å². The minimum absolute atomic E-state index is 0.172. The zero-order valence-electron chi connectivity index (χ0n) is 8.87. The van der Waals surface area contributed by atoms with Crippen LogP contribution in [-0.2, 0) is 0 Å². The molecule has 1 fully saturated rings. The Balaban J connectivity index is 2.28. The fourth-order valence-corrected chi connectivity index (χ4v) is 1.93. The SMILES string of the molecule is C#CCN(CCC)CC1CC(O)CN1. The predicted octanol–water partition coefficient (Wildman–Crippen LogP) is 0.0544. The number of hydrogen-bond acceptors (Lipinski definition) is 3. The molecule has 0 aromatic heterocycles. The molecule has 80 valence electrons. The number of nitrogens with one attached hydrogen (secondary N) is 1. The van der Waals surface area contributed by atoms with Crippen molar-refractivity contribution in [3.8, 4) is 12.3 Å². The Kier molecular flexibility index (Phi) is 4.95. The van der Waals surface area contributed by atoms with Crippen LogP contribution in [0.25, 0.3) is 0 Å². The van der Waals surface area contributed by atoms with E-state index in [-0.39, 0.29) is 6.10 Å². The van der Waals surface area contributed by atoms with Gasteiger partial charge in [0.25, 0.3) is 0 Å². The summed E-state index contributed by atoms with van der Waals surface area (Å²) >= 11 is 0. The third kappa shape index (κ3) is 3.67. The van der Waals surface area contributed by atoms with Gasteiger partial charge in [0, 0.05) is 19.1 Å². The molecular formula is C11H20N2O. The van der Waals surface area contributed by atoms with E-state index in [0.29, 0.717) is 12.6 Å². The number of hydrogen-bond donors (Lipinski definition) is 2. The van der Waals surface area contributed by atoms with Crippen LogP contribution in [0.1, 0.15) is 19.8 Å². The van der Waals surface area contributed by atoms with Crippen LogP contribution >= 0.6 is 0 Å². The molecule has 0 aromatic carbocycles. The fraction of sp³-hybridized carbons (Fsp3) is 0.818. The summed E-state index contributed by atoms with van der Waals surface area (Å²) in [4.78, 5) is 2.26. The van der Waals surface area contributed by atoms with E-state index in [1.54, 1.807) is 0 Å². The smallest absolute Gasteiger partial charge is 0.0680 e. The van der Waals surface area contributed by atoms with Crippen LogP contribution < -0.4 is 5.32 Å². The maximum atomic E-state index is 9.35. The summed E-state index contributed by atoms with van der Waals surface area (Å²) in [5.74, 6) is 2.67. The standard InChI is InChI=1S/C11H20N2O/c1-3-5-13(6-4-2)9-10-7-11(14)8-12-10/h1,10-12,14H,4-9H2,2H3. The monoisotopic (exact) mass is 196 g/mol. The molecule has 0 amide bonds. The Morgan fingerprint density at radius 1 is 1.64 bits per heavy atom. The predicted molar refractivity (Wildman–Crippen MR) is 58.0 cm³/mol. The molecule has 2 N–H and O–H groups in total. The van der Waals surface area contributed by atoms with Crippen molar-refractivity contribution in [3.63, 3.8) is 0 Å². The summed E-state index contributed by atoms with van der Waals surface area (Å²) in [6, 6.07) is 0.407. The summed E-state index contributed by atoms with van der Waals surface area (Å²) < 4.78 is 0. The largest absolute Gasteiger partial charge is 0.392 e. The quantitative estimate of drug-likeness (QED) is 0.610. The lowest BCUT2D eigenvalue weighted by Gasteiger charge is -2.22. The minimum Gasteiger partial charge on any atom is -0.392 e. The first-order chi connectivity index (χ1) is 6.76. The molecule has 0 aliphatic carbocycles. The second-order valence-corrected chi connectivity index (χ2v) is 3.93. The molecule has 0 radical (unpaired) electrons. The molecular weight excluding hydrogens is 176 g/mol. The molecule has 0 saturated carbocycles. The van der Waals surface area contributed by atoms with Crippen LogP contribution in [0.15, 0.2) is 0 Å². The lowest BCUT2D eigenvalue weighted by molar-refractivity contribution is 0.188. The third-order valence-electron chi connectivity index (χ3n) is 2.53. The van der Waals surface area contributed by atoms with Gasteiger partial charge in [-0.05, 0) is 19.4 Å². The van der Waals surface area contributed by atoms with Crippen molar-refractivity contribution in [2.24, 2.45) is 0 Å². The Morgan fingerprint density at radius 2 is 2.43 bits per heavy atom. The lowest BCUT2D eigenvalue weighted by Crippen LogP contribution is -2.38. The molecule has 1 heterocycles. The van der Waals surface area contributed by atoms with Crippen molar-refractivity contribution in [1.29, 1.82) is 0 Å². The van der Waals surface area contributed by atoms with Gasteiger partial charge in [-0.2, -0.15) is 0 Å². The molecule has 0 spiro atoms. The van der Waals surface area contributed by atoms with E-state index in [0.717, 1.165) is 32.5 Å². The van der Waals surface area contributed by atoms with Crippen molar-refractivity contribution in [3.05, 3.63) is 0 Å². The van der Waals surface area contributed by atoms with Crippen LogP contribution in [0.4, 0.5) is 0 Å². The van der Waals surface area contributed by atoms with E-state index in [1.165, 1.54) is 0 Å². The molecule has 14 heavy (non-hydrogen) atoms. The second kappa shape index (κ2) is 6.02. The first-order valence-electron chi connectivity index (χ1n) is 5.33. The van der Waals surface area contributed by atoms with Gasteiger partial charge in [-0.25, -0.2) is 0 Å². The Morgan fingerprint density at radius 3 is 2.93 bits per heavy atom. The van der Waals surface area contributed by atoms with Gasteiger partial charge in [0.2, 0.25) is 0 Å². The second-order valence-electron chi connectivity index (χ2n) is 3.93. The van der Waals surface area contributed by atoms with Gasteiger partial charge in [0.1, 0.15) is 0 Å². The first kappa shape index (κ1) is 11.5. The zero-order chi connectivity index (χ0) is 10.4. The van der Waals surface area contributed by atoms with Gasteiger partial charge in [-0.1, -0.05) is 12.8 Å². The maximum absolute atomic E-state index is 9.35. The topological polar surface area (TPSA) is 35.5 Å². The molecule has 1 rings (SSSR count). The molecule has 1 saturated heterocycles. The van der Waals surface area contributed by atoms with Gasteiger partial charge in [0.05, 0.1) is 12.6 Å². The summed E-state index contributed by atoms with van der Waals surface area (Å²) in [5, 5.41) is 12.6. The minimum atomic E-state index is -0.172. The number of terminal acetylenes is 1. The highest BCUT2D eigenvalue weighted by molar-refractivity contribution is 4.91. The van der Waals surface area contributed by atoms with Gasteiger partial charge < -0.3 is 10.4 Å². The van der Waals surface area contributed by atoms with E-state index < -0.39 is 0 Å². The number of nitrogens with zero attached hydrogens (tertiary/aromatic N) is 1. The van der Waals surface area contributed by atoms with E-state index in [1.807, 2.05) is 0 Å². The highest BCUT2D eigenvalue weighted by Crippen LogP contribution is 2.08. The average Bonchev–Trinajstić information content (AvgIpc) is 2.52. The third-order valence-corrected chi connectivity index (χ3v) is 2.53. The summed E-state index contributed by atoms with van der Waals surface area (Å²) in [6.07, 6.45) is 7.10. The molecule has 0 aromatic rings. The van der Waals surface area contributed by atoms with Gasteiger partial charge in [-0.15, -0.1) is 6.42 Å². The van der Waals surface area contributed by atoms with Crippen molar-refractivity contribution < 1.29 is 5.11 Å². The van der Waals surface area contributed by atoms with Crippen molar-refractivity contribution in [1.82, 2.24) is 10.2 Å². The Labute approximate surface area is 86.5 Å². The molecule has 1 aliphatic rings. The summed E-state index contributed by atoms with van der Waals surface area (Å²) in [6.45, 7) is 5.58. The number of rotatable bonds is 5. The van der Waals surface area contributed by atoms with Crippen LogP contribution in [0.3, 0.4) is 0 Å². The number of β-amino-alcohol motifs (C(OH)–C–C–N with tert-alkyl or cyclic N) is 1. The highest BCUT2D eigenvalue weighted by atomic mass is 16.3.